The van der Waals surface area contributed by atoms with E-state index in [9.17, 15) is 9.59 Å². The lowest BCUT2D eigenvalue weighted by Gasteiger charge is -2.24. The van der Waals surface area contributed by atoms with Crippen molar-refractivity contribution in [2.45, 2.75) is 38.6 Å². The molecule has 0 spiro atoms. The third kappa shape index (κ3) is 4.58. The number of rotatable bonds is 6. The predicted octanol–water partition coefficient (Wildman–Crippen LogP) is 3.35. The van der Waals surface area contributed by atoms with Gasteiger partial charge in [-0.05, 0) is 43.5 Å². The van der Waals surface area contributed by atoms with Crippen LogP contribution in [0.5, 0.6) is 0 Å². The lowest BCUT2D eigenvalue weighted by molar-refractivity contribution is -0.131. The number of nitrogens with zero attached hydrogens (tertiary/aromatic N) is 2. The van der Waals surface area contributed by atoms with Crippen LogP contribution >= 0.6 is 11.3 Å². The molecule has 2 aromatic rings. The normalized spacial score (nSPS) is 16.5. The molecule has 1 saturated heterocycles. The largest absolute Gasteiger partial charge is 0.339 e. The minimum Gasteiger partial charge on any atom is -0.339 e. The smallest absolute Gasteiger partial charge is 0.247 e. The number of thiazole rings is 1. The number of carbonyl (C=O) groups is 2. The van der Waals surface area contributed by atoms with Gasteiger partial charge in [0.05, 0.1) is 11.4 Å². The molecule has 1 aliphatic rings. The number of amides is 2. The van der Waals surface area contributed by atoms with Crippen LogP contribution in [0.25, 0.3) is 0 Å². The Bertz CT molecular complexity index is 815. The van der Waals surface area contributed by atoms with Crippen LogP contribution in [0.1, 0.15) is 29.1 Å². The van der Waals surface area contributed by atoms with Crippen molar-refractivity contribution in [2.24, 2.45) is 0 Å². The number of likely N-dealkylation sites (tertiary alicyclic amines) is 1. The zero-order chi connectivity index (χ0) is 18.5. The molecule has 2 heterocycles. The number of aromatic nitrogens is 1. The van der Waals surface area contributed by atoms with Crippen molar-refractivity contribution < 1.29 is 9.59 Å². The number of hydrogen-bond acceptors (Lipinski definition) is 4. The fraction of sp³-hybridized carbons (Fsp3) is 0.350. The quantitative estimate of drug-likeness (QED) is 0.794. The molecule has 0 radical (unpaired) electrons. The summed E-state index contributed by atoms with van der Waals surface area (Å²) in [5, 5.41) is 5.88. The summed E-state index contributed by atoms with van der Waals surface area (Å²) in [6.07, 6.45) is 4.47. The maximum absolute atomic E-state index is 12.8. The third-order valence-electron chi connectivity index (χ3n) is 4.51. The van der Waals surface area contributed by atoms with Gasteiger partial charge in [-0.25, -0.2) is 4.98 Å². The summed E-state index contributed by atoms with van der Waals surface area (Å²) in [5.74, 6) is -0.125. The molecule has 1 aliphatic heterocycles. The predicted molar refractivity (Wildman–Crippen MR) is 104 cm³/mol. The molecule has 1 N–H and O–H groups in total. The van der Waals surface area contributed by atoms with E-state index in [0.29, 0.717) is 12.1 Å². The first-order valence-corrected chi connectivity index (χ1v) is 9.66. The monoisotopic (exact) mass is 369 g/mol. The van der Waals surface area contributed by atoms with Crippen molar-refractivity contribution in [3.63, 3.8) is 0 Å². The number of benzene rings is 1. The van der Waals surface area contributed by atoms with E-state index in [1.54, 1.807) is 17.4 Å². The number of nitrogens with one attached hydrogen (secondary N) is 1. The minimum atomic E-state index is -0.258. The highest BCUT2D eigenvalue weighted by molar-refractivity contribution is 7.09. The van der Waals surface area contributed by atoms with Gasteiger partial charge in [-0.1, -0.05) is 18.7 Å². The van der Waals surface area contributed by atoms with Crippen LogP contribution in [0.4, 0.5) is 5.69 Å². The topological polar surface area (TPSA) is 62.3 Å². The lowest BCUT2D eigenvalue weighted by atomic mass is 10.1. The third-order valence-corrected chi connectivity index (χ3v) is 5.50. The van der Waals surface area contributed by atoms with Crippen LogP contribution in [-0.2, 0) is 22.4 Å². The van der Waals surface area contributed by atoms with Gasteiger partial charge in [0.1, 0.15) is 0 Å². The van der Waals surface area contributed by atoms with Crippen LogP contribution in [0.3, 0.4) is 0 Å². The van der Waals surface area contributed by atoms with E-state index in [1.807, 2.05) is 30.0 Å². The van der Waals surface area contributed by atoms with E-state index < -0.39 is 0 Å². The van der Waals surface area contributed by atoms with Gasteiger partial charge in [0, 0.05) is 35.8 Å². The van der Waals surface area contributed by atoms with E-state index >= 15 is 0 Å². The van der Waals surface area contributed by atoms with Gasteiger partial charge in [-0.2, -0.15) is 0 Å². The van der Waals surface area contributed by atoms with Gasteiger partial charge in [0.2, 0.25) is 11.8 Å². The summed E-state index contributed by atoms with van der Waals surface area (Å²) in [7, 11) is 0. The Morgan fingerprint density at radius 2 is 2.31 bits per heavy atom. The van der Waals surface area contributed by atoms with E-state index in [0.717, 1.165) is 42.1 Å². The lowest BCUT2D eigenvalue weighted by Crippen LogP contribution is -2.37. The maximum atomic E-state index is 12.8. The molecule has 6 heteroatoms. The Hall–Kier alpha value is -2.47. The summed E-state index contributed by atoms with van der Waals surface area (Å²) >= 11 is 1.67. The van der Waals surface area contributed by atoms with Gasteiger partial charge in [0.15, 0.2) is 0 Å². The van der Waals surface area contributed by atoms with Crippen LogP contribution in [-0.4, -0.2) is 34.3 Å². The van der Waals surface area contributed by atoms with Crippen LogP contribution in [0, 0.1) is 6.92 Å². The van der Waals surface area contributed by atoms with E-state index in [4.69, 9.17) is 0 Å². The Kier molecular flexibility index (Phi) is 5.83. The van der Waals surface area contributed by atoms with Crippen LogP contribution < -0.4 is 5.32 Å². The molecule has 5 nitrogen and oxygen atoms in total. The van der Waals surface area contributed by atoms with E-state index in [-0.39, 0.29) is 17.9 Å². The first-order chi connectivity index (χ1) is 12.5. The summed E-state index contributed by atoms with van der Waals surface area (Å²) in [5.41, 5.74) is 2.61. The fourth-order valence-corrected chi connectivity index (χ4v) is 4.15. The SMILES string of the molecule is C=CC(=O)Nc1cccc(CC(=O)N2CCCC2Cc2nc(C)cs2)c1. The highest BCUT2D eigenvalue weighted by atomic mass is 32.1. The maximum Gasteiger partial charge on any atom is 0.247 e. The summed E-state index contributed by atoms with van der Waals surface area (Å²) in [6.45, 7) is 6.25. The minimum absolute atomic E-state index is 0.132. The Balaban J connectivity index is 1.64. The van der Waals surface area contributed by atoms with E-state index in [2.05, 4.69) is 22.3 Å². The molecule has 2 amide bonds. The van der Waals surface area contributed by atoms with Crippen molar-refractivity contribution in [2.75, 3.05) is 11.9 Å². The molecular weight excluding hydrogens is 346 g/mol. The van der Waals surface area contributed by atoms with Crippen molar-refractivity contribution in [3.05, 3.63) is 58.6 Å². The summed E-state index contributed by atoms with van der Waals surface area (Å²) < 4.78 is 0. The summed E-state index contributed by atoms with van der Waals surface area (Å²) in [6, 6.07) is 7.64. The second-order valence-electron chi connectivity index (χ2n) is 6.54. The van der Waals surface area contributed by atoms with Crippen molar-refractivity contribution >= 4 is 28.8 Å². The van der Waals surface area contributed by atoms with Gasteiger partial charge in [-0.15, -0.1) is 11.3 Å². The van der Waals surface area contributed by atoms with Crippen molar-refractivity contribution in [3.8, 4) is 0 Å². The molecule has 1 unspecified atom stereocenters. The summed E-state index contributed by atoms with van der Waals surface area (Å²) in [4.78, 5) is 30.8. The molecule has 0 aliphatic carbocycles. The number of carbonyl (C=O) groups excluding carboxylic acids is 2. The van der Waals surface area contributed by atoms with Crippen LogP contribution in [0.2, 0.25) is 0 Å². The molecular formula is C20H23N3O2S. The standard InChI is InChI=1S/C20H23N3O2S/c1-3-18(24)22-16-7-4-6-15(10-16)11-20(25)23-9-5-8-17(23)12-19-21-14(2)13-26-19/h3-4,6-7,10,13,17H,1,5,8-9,11-12H2,2H3,(H,22,24). The van der Waals surface area contributed by atoms with Crippen molar-refractivity contribution in [1.82, 2.24) is 9.88 Å². The second kappa shape index (κ2) is 8.27. The van der Waals surface area contributed by atoms with Crippen molar-refractivity contribution in [1.29, 1.82) is 0 Å². The molecule has 26 heavy (non-hydrogen) atoms. The van der Waals surface area contributed by atoms with Crippen LogP contribution in [0.15, 0.2) is 42.3 Å². The number of aryl methyl sites for hydroxylation is 1. The highest BCUT2D eigenvalue weighted by Gasteiger charge is 2.29. The molecule has 136 valence electrons. The average molecular weight is 369 g/mol. The second-order valence-corrected chi connectivity index (χ2v) is 7.48. The molecule has 1 aromatic heterocycles. The Morgan fingerprint density at radius 3 is 3.04 bits per heavy atom. The average Bonchev–Trinajstić information content (AvgIpc) is 3.24. The first kappa shape index (κ1) is 18.3. The molecule has 1 fully saturated rings. The molecule has 0 bridgehead atoms. The molecule has 3 rings (SSSR count). The zero-order valence-corrected chi connectivity index (χ0v) is 15.7. The zero-order valence-electron chi connectivity index (χ0n) is 14.9. The van der Waals surface area contributed by atoms with Gasteiger partial charge in [0.25, 0.3) is 0 Å². The molecule has 1 atom stereocenters. The fourth-order valence-electron chi connectivity index (χ4n) is 3.30. The number of hydrogen-bond donors (Lipinski definition) is 1. The van der Waals surface area contributed by atoms with E-state index in [1.165, 1.54) is 6.08 Å². The Morgan fingerprint density at radius 1 is 1.46 bits per heavy atom. The molecule has 1 aromatic carbocycles. The highest BCUT2D eigenvalue weighted by Crippen LogP contribution is 2.24. The first-order valence-electron chi connectivity index (χ1n) is 8.78. The van der Waals surface area contributed by atoms with Gasteiger partial charge < -0.3 is 10.2 Å². The van der Waals surface area contributed by atoms with Gasteiger partial charge in [-0.3, -0.25) is 9.59 Å². The Labute approximate surface area is 157 Å². The molecule has 0 saturated carbocycles. The number of anilines is 1. The van der Waals surface area contributed by atoms with Gasteiger partial charge >= 0.3 is 0 Å².